The minimum absolute atomic E-state index is 0. The summed E-state index contributed by atoms with van der Waals surface area (Å²) < 4.78 is 60.0. The number of hydrogen-bond donors (Lipinski definition) is 11. The zero-order chi connectivity index (χ0) is 100. The molecule has 10 aliphatic rings. The number of halogens is 2. The number of H-pyrrole nitrogens is 4. The summed E-state index contributed by atoms with van der Waals surface area (Å²) >= 11 is 6.33. The first-order valence-corrected chi connectivity index (χ1v) is 50.6. The molecule has 0 bridgehead atoms. The zero-order valence-electron chi connectivity index (χ0n) is 82.8. The number of aromatic amines is 4. The molecule has 5 amide bonds. The summed E-state index contributed by atoms with van der Waals surface area (Å²) in [6, 6.07) is 66.8. The van der Waals surface area contributed by atoms with E-state index in [1.807, 2.05) is 152 Å². The Bertz CT molecular complexity index is 7570. The summed E-state index contributed by atoms with van der Waals surface area (Å²) in [5.41, 5.74) is 16.4. The minimum atomic E-state index is -0.836. The molecule has 15 aromatic rings. The SMILES string of the molecule is CC(C)(C)c1cc2cc(NC(=O)C3(c4ccc5c(c4)OCO5)CC3)ccc2n1CC(O)CO.CC(C)(C)c1cc2cc(NC(=O)C3(c4ccccc4)CCCCC3)ccc2[nH]1.CCc1cc(NC(=O)C2(c3ccc4c(c3)OCO4)CC2)cc2cc(C(C)(C)C)[nH]c12.O=C(Nc1cc(F)c2[nH]c(C3CC3)cc2c1)C1(c2ccc3c(c2)OCO3)CC1.O=C(Nc1cc2[nH]ccc2cc1Cl)C1(c2ccc3c(c2)OCO3)CC1.[HH].[HH].[HH].[HH].[HH].[HH].[HH]. The summed E-state index contributed by atoms with van der Waals surface area (Å²) in [7, 11) is 0. The Morgan fingerprint density at radius 1 is 0.424 bits per heavy atom. The van der Waals surface area contributed by atoms with Crippen molar-refractivity contribution in [1.82, 2.24) is 24.5 Å². The summed E-state index contributed by atoms with van der Waals surface area (Å²) in [5.74, 6) is 5.85. The highest BCUT2D eigenvalue weighted by atomic mass is 35.5. The van der Waals surface area contributed by atoms with Crippen LogP contribution in [0.5, 0.6) is 46.0 Å². The monoisotopic (exact) mass is 1970 g/mol. The fraction of sp³-hybridized carbons (Fsp3) is 0.359. The lowest BCUT2D eigenvalue weighted by molar-refractivity contribution is -0.123. The van der Waals surface area contributed by atoms with Crippen molar-refractivity contribution in [3.63, 3.8) is 0 Å². The van der Waals surface area contributed by atoms with Gasteiger partial charge in [-0.15, -0.1) is 0 Å². The number of aromatic nitrogens is 5. The van der Waals surface area contributed by atoms with E-state index >= 15 is 0 Å². The molecule has 9 heterocycles. The highest BCUT2D eigenvalue weighted by Gasteiger charge is 2.56. The van der Waals surface area contributed by atoms with Crippen LogP contribution >= 0.6 is 11.6 Å². The maximum Gasteiger partial charge on any atom is 0.235 e. The predicted molar refractivity (Wildman–Crippen MR) is 574 cm³/mol. The molecule has 1 atom stereocenters. The van der Waals surface area contributed by atoms with Crippen LogP contribution in [0.4, 0.5) is 32.8 Å². The molecule has 0 saturated heterocycles. The number of aliphatic hydroxyl groups excluding tert-OH is 2. The summed E-state index contributed by atoms with van der Waals surface area (Å²) in [6.45, 7) is 22.6. The van der Waals surface area contributed by atoms with Gasteiger partial charge in [-0.1, -0.05) is 155 Å². The quantitative estimate of drug-likeness (QED) is 0.0338. The molecule has 6 aliphatic carbocycles. The smallest absolute Gasteiger partial charge is 0.235 e. The molecule has 25 rings (SSSR count). The van der Waals surface area contributed by atoms with Gasteiger partial charge in [0.1, 0.15) is 5.82 Å². The first-order valence-electron chi connectivity index (χ1n) is 50.2. The number of ether oxygens (including phenoxy) is 8. The average Bonchev–Trinajstić information content (AvgIpc) is 1.59. The minimum Gasteiger partial charge on any atom is -0.454 e. The van der Waals surface area contributed by atoms with Crippen LogP contribution in [0, 0.1) is 5.82 Å². The van der Waals surface area contributed by atoms with Gasteiger partial charge < -0.3 is 99.2 Å². The molecular weight excluding hydrogens is 1840 g/mol. The summed E-state index contributed by atoms with van der Waals surface area (Å²) in [5, 5.41) is 40.5. The van der Waals surface area contributed by atoms with Gasteiger partial charge in [-0.05, 0) is 274 Å². The highest BCUT2D eigenvalue weighted by Crippen LogP contribution is 2.57. The molecule has 144 heavy (non-hydrogen) atoms. The van der Waals surface area contributed by atoms with E-state index in [2.05, 4.69) is 175 Å². The second-order valence-corrected chi connectivity index (χ2v) is 43.7. The van der Waals surface area contributed by atoms with E-state index in [0.717, 1.165) is 219 Å². The number of aryl methyl sites for hydroxylation is 1. The number of hydrogen-bond acceptors (Lipinski definition) is 15. The van der Waals surface area contributed by atoms with Gasteiger partial charge in [0.05, 0.1) is 62.6 Å². The molecule has 1 unspecified atom stereocenters. The van der Waals surface area contributed by atoms with Crippen molar-refractivity contribution in [2.75, 3.05) is 60.4 Å². The van der Waals surface area contributed by atoms with Gasteiger partial charge in [0.2, 0.25) is 56.7 Å². The van der Waals surface area contributed by atoms with Crippen molar-refractivity contribution in [2.24, 2.45) is 0 Å². The number of nitrogens with zero attached hydrogens (tertiary/aromatic N) is 1. The Kier molecular flexibility index (Phi) is 25.0. The fourth-order valence-electron chi connectivity index (χ4n) is 20.9. The van der Waals surface area contributed by atoms with Crippen molar-refractivity contribution in [3.8, 4) is 46.0 Å². The number of amides is 5. The van der Waals surface area contributed by atoms with Gasteiger partial charge in [-0.25, -0.2) is 4.39 Å². The van der Waals surface area contributed by atoms with Crippen molar-refractivity contribution < 1.29 is 86.5 Å². The number of benzene rings is 10. The van der Waals surface area contributed by atoms with Crippen LogP contribution in [0.1, 0.15) is 238 Å². The number of fused-ring (bicyclic) bond motifs is 9. The average molecular weight is 1980 g/mol. The van der Waals surface area contributed by atoms with E-state index in [-0.39, 0.29) is 95.4 Å². The second-order valence-electron chi connectivity index (χ2n) is 43.3. The normalized spacial score (nSPS) is 17.3. The molecule has 27 heteroatoms. The van der Waals surface area contributed by atoms with Crippen LogP contribution in [0.3, 0.4) is 0 Å². The van der Waals surface area contributed by atoms with Crippen molar-refractivity contribution in [1.29, 1.82) is 0 Å². The molecule has 5 aromatic heterocycles. The Hall–Kier alpha value is -14.2. The third kappa shape index (κ3) is 19.0. The molecule has 6 saturated carbocycles. The topological polar surface area (TPSA) is 328 Å². The van der Waals surface area contributed by atoms with Gasteiger partial charge in [-0.2, -0.15) is 0 Å². The van der Waals surface area contributed by atoms with E-state index in [4.69, 9.17) is 49.5 Å². The third-order valence-corrected chi connectivity index (χ3v) is 30.6. The molecule has 4 aliphatic heterocycles. The number of carbonyl (C=O) groups is 5. The van der Waals surface area contributed by atoms with E-state index in [1.165, 1.54) is 29.4 Å². The first kappa shape index (κ1) is 95.9. The molecule has 11 N–H and O–H groups in total. The predicted octanol–water partition coefficient (Wildman–Crippen LogP) is 25.9. The molecule has 0 radical (unpaired) electrons. The van der Waals surface area contributed by atoms with Gasteiger partial charge >= 0.3 is 0 Å². The zero-order valence-corrected chi connectivity index (χ0v) is 83.6. The lowest BCUT2D eigenvalue weighted by Gasteiger charge is -2.36. The fourth-order valence-corrected chi connectivity index (χ4v) is 21.1. The van der Waals surface area contributed by atoms with E-state index in [9.17, 15) is 38.6 Å². The van der Waals surface area contributed by atoms with Gasteiger partial charge in [0.25, 0.3) is 0 Å². The Balaban J connectivity index is 0.000000147. The molecular formula is C117H136ClFN10O15. The number of anilines is 5. The maximum absolute atomic E-state index is 14.6. The van der Waals surface area contributed by atoms with Crippen LogP contribution in [0.2, 0.25) is 5.02 Å². The van der Waals surface area contributed by atoms with E-state index < -0.39 is 33.2 Å². The van der Waals surface area contributed by atoms with Crippen molar-refractivity contribution >= 4 is 124 Å². The molecule has 758 valence electrons. The summed E-state index contributed by atoms with van der Waals surface area (Å²) in [6.07, 6.45) is 15.9. The maximum atomic E-state index is 14.6. The van der Waals surface area contributed by atoms with Crippen LogP contribution < -0.4 is 64.5 Å². The van der Waals surface area contributed by atoms with E-state index in [0.29, 0.717) is 63.1 Å². The molecule has 6 fully saturated rings. The number of carbonyl (C=O) groups excluding carboxylic acids is 5. The number of aliphatic hydroxyl groups is 2. The lowest BCUT2D eigenvalue weighted by atomic mass is 9.68. The Morgan fingerprint density at radius 2 is 0.868 bits per heavy atom. The second kappa shape index (κ2) is 37.5. The third-order valence-electron chi connectivity index (χ3n) is 30.2. The molecule has 25 nitrogen and oxygen atoms in total. The molecule has 10 aromatic carbocycles. The number of rotatable bonds is 20. The van der Waals surface area contributed by atoms with Crippen LogP contribution in [0.15, 0.2) is 212 Å². The van der Waals surface area contributed by atoms with Gasteiger partial charge in [0, 0.05) is 127 Å². The highest BCUT2D eigenvalue weighted by molar-refractivity contribution is 6.34. The first-order chi connectivity index (χ1) is 69.2. The van der Waals surface area contributed by atoms with Crippen LogP contribution in [0.25, 0.3) is 54.5 Å². The van der Waals surface area contributed by atoms with Crippen LogP contribution in [-0.4, -0.2) is 104 Å². The Labute approximate surface area is 850 Å². The largest absolute Gasteiger partial charge is 0.454 e. The summed E-state index contributed by atoms with van der Waals surface area (Å²) in [4.78, 5) is 79.5. The van der Waals surface area contributed by atoms with Crippen molar-refractivity contribution in [3.05, 3.63) is 279 Å². The number of nitrogens with one attached hydrogen (secondary N) is 9. The van der Waals surface area contributed by atoms with Gasteiger partial charge in [-0.3, -0.25) is 24.0 Å². The molecule has 0 spiro atoms. The van der Waals surface area contributed by atoms with E-state index in [1.54, 1.807) is 0 Å². The van der Waals surface area contributed by atoms with Crippen LogP contribution in [-0.2, 0) is 80.3 Å². The Morgan fingerprint density at radius 3 is 1.35 bits per heavy atom. The standard InChI is InChI=1S/C26H30N2O5.C25H28N2O3.C25H30N2O.C22H19FN2O3.C19H15ClN2O3.7H2/c1-25(2,3)23-11-16-10-18(5-6-20(16)28(23)13-19(30)14-29)27-24(31)26(8-9-26)17-4-7-21-22(12-17)33-15-32-21;1-5-15-10-18(11-16-12-21(24(2,3)4)27-22(15)16)26-23(28)25(8-9-25)17-6-7-19-20(13-17)30-14-29-19;1-24(2,3)22-17-18-16-20(12-13-21(18)27-22)26-23(28)25(14-8-5-9-15-25)19-10-6-4-7-11-19;23-16-10-15(7-13-8-17(12-1-2-12)25-20(13)16)24-21(26)22(5-6-22)14-3-4-18-19(9-14)28-11-27-18;20-13-7-11-3-6-21-14(11)9-15(13)22-18(23)19(4-5-19)12-1-2-16-17(8-12)25-10-24-16;;;;;;;/h4-7,10-12,19,29-30H,8-9,13-15H2,1-3H3,(H,27,31);6-7,10-13,27H,5,8-9,14H2,1-4H3,(H,26,28);4,6-7,10-13,16-17,27H,5,8-9,14-15H2,1-3H3,(H,26,28);3-4,7-10,12,25H,1-2,5-6,11H2,(H,24,26);1-3,6-9,21H,4-5,10H2,(H,22,23);7*1H. The van der Waals surface area contributed by atoms with Gasteiger partial charge in [0.15, 0.2) is 46.0 Å². The lowest BCUT2D eigenvalue weighted by Crippen LogP contribution is -2.42. The van der Waals surface area contributed by atoms with Crippen molar-refractivity contribution in [2.45, 2.75) is 234 Å².